The van der Waals surface area contributed by atoms with E-state index in [1.807, 2.05) is 6.92 Å². The highest BCUT2D eigenvalue weighted by Gasteiger charge is 2.55. The van der Waals surface area contributed by atoms with Gasteiger partial charge in [-0.05, 0) is 44.9 Å². The molecule has 3 aromatic rings. The van der Waals surface area contributed by atoms with E-state index in [1.54, 1.807) is 37.3 Å². The molecule has 17 nitrogen and oxygen atoms in total. The molecule has 232 valence electrons. The third-order valence-corrected chi connectivity index (χ3v) is 8.13. The number of nitrogens with two attached hydrogens (primary N) is 1. The molecule has 0 spiro atoms. The summed E-state index contributed by atoms with van der Waals surface area (Å²) in [6.07, 6.45) is -1.85. The highest BCUT2D eigenvalue weighted by atomic mass is 31.2. The van der Waals surface area contributed by atoms with E-state index in [9.17, 15) is 20.0 Å². The summed E-state index contributed by atoms with van der Waals surface area (Å²) in [6, 6.07) is 7.12. The summed E-state index contributed by atoms with van der Waals surface area (Å²) in [5.74, 6) is -0.415. The summed E-state index contributed by atoms with van der Waals surface area (Å²) in [4.78, 5) is 27.9. The normalized spacial score (nSPS) is 23.7. The fourth-order valence-electron chi connectivity index (χ4n) is 4.40. The molecular formula is C25H34N9O8P. The van der Waals surface area contributed by atoms with E-state index in [-0.39, 0.29) is 35.3 Å². The first-order valence-corrected chi connectivity index (χ1v) is 15.1. The number of benzene rings is 1. The number of azide groups is 1. The van der Waals surface area contributed by atoms with Gasteiger partial charge in [-0.25, -0.2) is 9.55 Å². The molecule has 0 aliphatic carbocycles. The van der Waals surface area contributed by atoms with Crippen LogP contribution >= 0.6 is 7.75 Å². The predicted octanol–water partition coefficient (Wildman–Crippen LogP) is 3.27. The van der Waals surface area contributed by atoms with Crippen molar-refractivity contribution in [2.45, 2.75) is 64.1 Å². The number of nitrogen functional groups attached to an aromatic ring is 1. The summed E-state index contributed by atoms with van der Waals surface area (Å²) in [5, 5.41) is 17.7. The van der Waals surface area contributed by atoms with Crippen LogP contribution in [-0.4, -0.2) is 74.2 Å². The molecule has 1 saturated heterocycles. The number of aliphatic hydroxyl groups is 1. The smallest absolute Gasteiger partial charge is 0.459 e. The molecule has 1 aliphatic rings. The number of aromatic nitrogens is 4. The maximum Gasteiger partial charge on any atom is 0.459 e. The number of hydrogen-bond donors (Lipinski definition) is 3. The zero-order valence-corrected chi connectivity index (χ0v) is 25.0. The number of nitrogens with zero attached hydrogens (tertiary/aromatic N) is 7. The zero-order valence-electron chi connectivity index (χ0n) is 24.1. The second-order valence-corrected chi connectivity index (χ2v) is 11.4. The summed E-state index contributed by atoms with van der Waals surface area (Å²) >= 11 is 0. The summed E-state index contributed by atoms with van der Waals surface area (Å²) in [7, 11) is -4.28. The third-order valence-electron chi connectivity index (χ3n) is 6.49. The van der Waals surface area contributed by atoms with Crippen LogP contribution in [-0.2, 0) is 23.4 Å². The van der Waals surface area contributed by atoms with E-state index in [1.165, 1.54) is 24.7 Å². The van der Waals surface area contributed by atoms with Crippen LogP contribution in [0.3, 0.4) is 0 Å². The van der Waals surface area contributed by atoms with Gasteiger partial charge in [0.2, 0.25) is 11.8 Å². The molecule has 0 amide bonds. The summed E-state index contributed by atoms with van der Waals surface area (Å²) in [6.45, 7) is 6.51. The van der Waals surface area contributed by atoms with Crippen molar-refractivity contribution in [3.63, 3.8) is 0 Å². The van der Waals surface area contributed by atoms with Crippen LogP contribution in [0.1, 0.15) is 40.3 Å². The van der Waals surface area contributed by atoms with Crippen LogP contribution in [0.5, 0.6) is 11.6 Å². The maximum absolute atomic E-state index is 13.9. The molecule has 43 heavy (non-hydrogen) atoms. The average Bonchev–Trinajstić information content (AvgIpc) is 3.49. The Kier molecular flexibility index (Phi) is 10.1. The lowest BCUT2D eigenvalue weighted by Crippen LogP contribution is -2.43. The van der Waals surface area contributed by atoms with Gasteiger partial charge in [0.1, 0.15) is 23.4 Å². The molecule has 1 aromatic carbocycles. The number of aliphatic hydroxyl groups excluding tert-OH is 1. The molecule has 4 N–H and O–H groups in total. The number of carbonyl (C=O) groups excluding carboxylic acids is 1. The maximum atomic E-state index is 13.9. The number of hydrogen-bond acceptors (Lipinski definition) is 13. The number of rotatable bonds is 14. The van der Waals surface area contributed by atoms with Crippen molar-refractivity contribution in [1.82, 2.24) is 24.6 Å². The Morgan fingerprint density at radius 1 is 1.35 bits per heavy atom. The topological polar surface area (TPSA) is 231 Å². The highest BCUT2D eigenvalue weighted by molar-refractivity contribution is 7.52. The first-order chi connectivity index (χ1) is 20.5. The molecule has 1 aliphatic heterocycles. The Labute approximate surface area is 246 Å². The lowest BCUT2D eigenvalue weighted by Gasteiger charge is -2.28. The van der Waals surface area contributed by atoms with Crippen LogP contribution in [0.2, 0.25) is 0 Å². The van der Waals surface area contributed by atoms with Gasteiger partial charge in [-0.15, -0.1) is 0 Å². The minimum absolute atomic E-state index is 0.0988. The van der Waals surface area contributed by atoms with Crippen LogP contribution in [0.4, 0.5) is 5.95 Å². The van der Waals surface area contributed by atoms with Crippen LogP contribution in [0.25, 0.3) is 21.6 Å². The summed E-state index contributed by atoms with van der Waals surface area (Å²) < 4.78 is 43.5. The van der Waals surface area contributed by atoms with Crippen molar-refractivity contribution >= 4 is 30.8 Å². The SMILES string of the molecule is CCCOC(=O)[C@H](C)NP(=O)(OC[C@H]1O[C@@H](n2cnc3c(OCC)nc(N)nc32)[C@](C)(N=[N+]=[N-])[C@@H]1O)Oc1ccccc1. The molecule has 3 heterocycles. The molecule has 0 radical (unpaired) electrons. The van der Waals surface area contributed by atoms with Crippen molar-refractivity contribution in [3.05, 3.63) is 47.1 Å². The average molecular weight is 620 g/mol. The molecule has 1 unspecified atom stereocenters. The second-order valence-electron chi connectivity index (χ2n) is 9.75. The zero-order chi connectivity index (χ0) is 31.2. The van der Waals surface area contributed by atoms with E-state index < -0.39 is 50.3 Å². The van der Waals surface area contributed by atoms with Crippen LogP contribution in [0, 0.1) is 0 Å². The molecule has 0 bridgehead atoms. The Balaban J connectivity index is 1.62. The minimum Gasteiger partial charge on any atom is -0.476 e. The number of esters is 1. The number of fused-ring (bicyclic) bond motifs is 1. The molecule has 1 fully saturated rings. The Hall–Kier alpha value is -3.98. The number of carbonyl (C=O) groups is 1. The van der Waals surface area contributed by atoms with Crippen molar-refractivity contribution in [2.24, 2.45) is 5.11 Å². The number of para-hydroxylation sites is 1. The van der Waals surface area contributed by atoms with Gasteiger partial charge >= 0.3 is 13.7 Å². The molecule has 6 atom stereocenters. The monoisotopic (exact) mass is 619 g/mol. The first-order valence-electron chi connectivity index (χ1n) is 13.5. The fraction of sp³-hybridized carbons (Fsp3) is 0.520. The van der Waals surface area contributed by atoms with E-state index in [4.69, 9.17) is 29.0 Å². The van der Waals surface area contributed by atoms with E-state index in [0.29, 0.717) is 13.0 Å². The molecule has 0 saturated carbocycles. The first kappa shape index (κ1) is 31.9. The Bertz CT molecular complexity index is 1520. The molecule has 18 heteroatoms. The Morgan fingerprint density at radius 2 is 2.09 bits per heavy atom. The van der Waals surface area contributed by atoms with Gasteiger partial charge in [0.15, 0.2) is 17.4 Å². The van der Waals surface area contributed by atoms with E-state index in [0.717, 1.165) is 0 Å². The van der Waals surface area contributed by atoms with Crippen molar-refractivity contribution in [3.8, 4) is 11.6 Å². The van der Waals surface area contributed by atoms with E-state index >= 15 is 0 Å². The Morgan fingerprint density at radius 3 is 2.77 bits per heavy atom. The number of imidazole rings is 1. The molecular weight excluding hydrogens is 585 g/mol. The fourth-order valence-corrected chi connectivity index (χ4v) is 5.90. The van der Waals surface area contributed by atoms with E-state index in [2.05, 4.69) is 30.1 Å². The standard InChI is InChI=1S/C25H34N9O8P/c1-5-12-39-22(36)15(3)31-43(37,42-16-10-8-7-9-11-16)40-13-17-19(35)25(4,32-33-27)23(41-17)34-14-28-18-20(34)29-24(26)30-21(18)38-6-2/h7-11,14-15,17,19,23,35H,5-6,12-13H2,1-4H3,(H,31,37)(H2,26,29,30)/t15-,17+,19+,23+,25+,43?/m0/s1. The van der Waals surface area contributed by atoms with Gasteiger partial charge in [0.25, 0.3) is 0 Å². The van der Waals surface area contributed by atoms with Gasteiger partial charge < -0.3 is 29.6 Å². The van der Waals surface area contributed by atoms with Gasteiger partial charge in [0, 0.05) is 4.91 Å². The van der Waals surface area contributed by atoms with Gasteiger partial charge in [-0.1, -0.05) is 30.2 Å². The second kappa shape index (κ2) is 13.5. The number of nitrogens with one attached hydrogen (secondary N) is 1. The quantitative estimate of drug-likeness (QED) is 0.0774. The van der Waals surface area contributed by atoms with Gasteiger partial charge in [0.05, 0.1) is 32.3 Å². The van der Waals surface area contributed by atoms with Crippen molar-refractivity contribution < 1.29 is 37.7 Å². The third kappa shape index (κ3) is 6.99. The number of ether oxygens (including phenoxy) is 3. The minimum atomic E-state index is -4.28. The van der Waals surface area contributed by atoms with Gasteiger partial charge in [-0.2, -0.15) is 15.1 Å². The highest BCUT2D eigenvalue weighted by Crippen LogP contribution is 2.48. The van der Waals surface area contributed by atoms with Crippen LogP contribution in [0.15, 0.2) is 41.8 Å². The summed E-state index contributed by atoms with van der Waals surface area (Å²) in [5.41, 5.74) is 14.1. The van der Waals surface area contributed by atoms with Gasteiger partial charge in [-0.3, -0.25) is 13.9 Å². The van der Waals surface area contributed by atoms with Crippen molar-refractivity contribution in [2.75, 3.05) is 25.6 Å². The lowest BCUT2D eigenvalue weighted by molar-refractivity contribution is -0.145. The lowest BCUT2D eigenvalue weighted by atomic mass is 9.93. The predicted molar refractivity (Wildman–Crippen MR) is 153 cm³/mol. The van der Waals surface area contributed by atoms with Crippen molar-refractivity contribution in [1.29, 1.82) is 0 Å². The largest absolute Gasteiger partial charge is 0.476 e. The van der Waals surface area contributed by atoms with Crippen LogP contribution < -0.4 is 20.1 Å². The number of anilines is 1. The molecule has 4 rings (SSSR count). The molecule has 2 aromatic heterocycles.